The lowest BCUT2D eigenvalue weighted by atomic mass is 9.99. The van der Waals surface area contributed by atoms with E-state index < -0.39 is 0 Å². The van der Waals surface area contributed by atoms with Crippen molar-refractivity contribution in [3.05, 3.63) is 53.3 Å². The first-order chi connectivity index (χ1) is 10.3. The average Bonchev–Trinajstić information content (AvgIpc) is 2.53. The summed E-state index contributed by atoms with van der Waals surface area (Å²) in [6.07, 6.45) is 3.68. The summed E-state index contributed by atoms with van der Waals surface area (Å²) in [7, 11) is 0. The van der Waals surface area contributed by atoms with Crippen molar-refractivity contribution in [2.75, 3.05) is 6.61 Å². The number of rotatable bonds is 3. The van der Waals surface area contributed by atoms with Crippen molar-refractivity contribution < 1.29 is 14.3 Å². The normalized spacial score (nSPS) is 13.0. The molecule has 2 heterocycles. The minimum absolute atomic E-state index is 0.0616. The van der Waals surface area contributed by atoms with Crippen LogP contribution >= 0.6 is 0 Å². The highest BCUT2D eigenvalue weighted by molar-refractivity contribution is 6.02. The smallest absolute Gasteiger partial charge is 0.171 e. The second-order valence-corrected chi connectivity index (χ2v) is 4.62. The number of hydrogen-bond donors (Lipinski definition) is 0. The predicted molar refractivity (Wildman–Crippen MR) is 74.2 cm³/mol. The van der Waals surface area contributed by atoms with Crippen LogP contribution < -0.4 is 9.47 Å². The third kappa shape index (κ3) is 2.70. The van der Waals surface area contributed by atoms with Gasteiger partial charge in [0.2, 0.25) is 0 Å². The largest absolute Gasteiger partial charge is 0.492 e. The third-order valence-electron chi connectivity index (χ3n) is 3.22. The molecule has 0 bridgehead atoms. The van der Waals surface area contributed by atoms with Crippen molar-refractivity contribution in [1.82, 2.24) is 4.98 Å². The van der Waals surface area contributed by atoms with E-state index in [0.29, 0.717) is 42.3 Å². The highest BCUT2D eigenvalue weighted by Gasteiger charge is 2.23. The molecule has 0 unspecified atom stereocenters. The summed E-state index contributed by atoms with van der Waals surface area (Å²) < 4.78 is 11.1. The van der Waals surface area contributed by atoms with Crippen LogP contribution in [0.25, 0.3) is 0 Å². The van der Waals surface area contributed by atoms with Crippen LogP contribution in [0.4, 0.5) is 0 Å². The van der Waals surface area contributed by atoms with E-state index in [1.54, 1.807) is 24.5 Å². The van der Waals surface area contributed by atoms with Crippen LogP contribution in [-0.2, 0) is 6.61 Å². The van der Waals surface area contributed by atoms with E-state index in [1.807, 2.05) is 18.2 Å². The number of hydrogen-bond acceptors (Lipinski definition) is 5. The Balaban J connectivity index is 1.87. The average molecular weight is 280 g/mol. The van der Waals surface area contributed by atoms with Gasteiger partial charge in [-0.2, -0.15) is 5.26 Å². The maximum Gasteiger partial charge on any atom is 0.171 e. The lowest BCUT2D eigenvalue weighted by molar-refractivity contribution is 0.0933. The van der Waals surface area contributed by atoms with Gasteiger partial charge < -0.3 is 9.47 Å². The zero-order valence-corrected chi connectivity index (χ0v) is 11.2. The highest BCUT2D eigenvalue weighted by Crippen LogP contribution is 2.32. The predicted octanol–water partition coefficient (Wildman–Crippen LogP) is 2.50. The van der Waals surface area contributed by atoms with Crippen molar-refractivity contribution in [3.63, 3.8) is 0 Å². The van der Waals surface area contributed by atoms with E-state index in [2.05, 4.69) is 4.98 Å². The Bertz CT molecular complexity index is 720. The lowest BCUT2D eigenvalue weighted by Crippen LogP contribution is -2.17. The number of pyridine rings is 1. The van der Waals surface area contributed by atoms with Crippen LogP contribution in [0, 0.1) is 11.3 Å². The molecule has 0 saturated carbocycles. The summed E-state index contributed by atoms with van der Waals surface area (Å²) >= 11 is 0. The van der Waals surface area contributed by atoms with Gasteiger partial charge in [-0.25, -0.2) is 0 Å². The van der Waals surface area contributed by atoms with Gasteiger partial charge in [0.1, 0.15) is 24.2 Å². The number of nitriles is 1. The Kier molecular flexibility index (Phi) is 3.52. The fourth-order valence-electron chi connectivity index (χ4n) is 2.19. The molecular formula is C16H12N2O3. The van der Waals surface area contributed by atoms with Gasteiger partial charge in [-0.05, 0) is 23.8 Å². The summed E-state index contributed by atoms with van der Waals surface area (Å²) in [5, 5.41) is 9.20. The van der Waals surface area contributed by atoms with Gasteiger partial charge in [-0.3, -0.25) is 9.78 Å². The van der Waals surface area contributed by atoms with E-state index >= 15 is 0 Å². The Morgan fingerprint density at radius 3 is 2.90 bits per heavy atom. The Labute approximate surface area is 121 Å². The minimum Gasteiger partial charge on any atom is -0.492 e. The molecule has 0 N–H and O–H groups in total. The van der Waals surface area contributed by atoms with Crippen LogP contribution in [0.3, 0.4) is 0 Å². The van der Waals surface area contributed by atoms with E-state index in [1.165, 1.54) is 0 Å². The van der Waals surface area contributed by atoms with E-state index in [-0.39, 0.29) is 5.78 Å². The second-order valence-electron chi connectivity index (χ2n) is 4.62. The fraction of sp³-hybridized carbons (Fsp3) is 0.188. The van der Waals surface area contributed by atoms with Crippen LogP contribution in [-0.4, -0.2) is 17.4 Å². The molecule has 1 aliphatic rings. The van der Waals surface area contributed by atoms with Crippen molar-refractivity contribution >= 4 is 5.78 Å². The van der Waals surface area contributed by atoms with Crippen molar-refractivity contribution in [3.8, 4) is 17.6 Å². The number of nitrogens with zero attached hydrogens (tertiary/aromatic N) is 2. The molecule has 1 aliphatic heterocycles. The van der Waals surface area contributed by atoms with E-state index in [4.69, 9.17) is 9.47 Å². The highest BCUT2D eigenvalue weighted by atomic mass is 16.5. The number of ether oxygens (including phenoxy) is 2. The Morgan fingerprint density at radius 1 is 1.33 bits per heavy atom. The maximum atomic E-state index is 11.9. The van der Waals surface area contributed by atoms with Gasteiger partial charge in [0, 0.05) is 24.9 Å². The summed E-state index contributed by atoms with van der Waals surface area (Å²) in [6.45, 7) is 0.699. The molecule has 5 heteroatoms. The molecule has 1 aromatic heterocycles. The molecule has 1 aromatic carbocycles. The number of benzene rings is 1. The monoisotopic (exact) mass is 280 g/mol. The third-order valence-corrected chi connectivity index (χ3v) is 3.22. The molecule has 104 valence electrons. The SMILES string of the molecule is N#Cc1cc(OCc2ccncc2)cc2c1C(=O)CCO2. The van der Waals surface area contributed by atoms with Crippen molar-refractivity contribution in [2.24, 2.45) is 0 Å². The number of ketones is 1. The zero-order chi connectivity index (χ0) is 14.7. The van der Waals surface area contributed by atoms with Gasteiger partial charge >= 0.3 is 0 Å². The topological polar surface area (TPSA) is 72.2 Å². The van der Waals surface area contributed by atoms with Crippen molar-refractivity contribution in [1.29, 1.82) is 5.26 Å². The number of carbonyl (C=O) groups excluding carboxylic acids is 1. The van der Waals surface area contributed by atoms with Crippen molar-refractivity contribution in [2.45, 2.75) is 13.0 Å². The molecule has 2 aromatic rings. The number of Topliss-reactive ketones (excluding diaryl/α,β-unsaturated/α-hetero) is 1. The number of carbonyl (C=O) groups is 1. The molecule has 0 amide bonds. The molecule has 21 heavy (non-hydrogen) atoms. The summed E-state index contributed by atoms with van der Waals surface area (Å²) in [4.78, 5) is 15.8. The van der Waals surface area contributed by atoms with Crippen LogP contribution in [0.5, 0.6) is 11.5 Å². The van der Waals surface area contributed by atoms with E-state index in [0.717, 1.165) is 5.56 Å². The summed E-state index contributed by atoms with van der Waals surface area (Å²) in [5.41, 5.74) is 1.63. The first kappa shape index (κ1) is 13.1. The van der Waals surface area contributed by atoms with Gasteiger partial charge in [0.25, 0.3) is 0 Å². The molecule has 0 fully saturated rings. The Morgan fingerprint density at radius 2 is 2.14 bits per heavy atom. The molecule has 5 nitrogen and oxygen atoms in total. The number of aromatic nitrogens is 1. The van der Waals surface area contributed by atoms with Gasteiger partial charge in [-0.15, -0.1) is 0 Å². The lowest BCUT2D eigenvalue weighted by Gasteiger charge is -2.18. The molecular weight excluding hydrogens is 268 g/mol. The van der Waals surface area contributed by atoms with Crippen LogP contribution in [0.15, 0.2) is 36.7 Å². The summed E-state index contributed by atoms with van der Waals surface area (Å²) in [6, 6.07) is 8.97. The first-order valence-electron chi connectivity index (χ1n) is 6.54. The maximum absolute atomic E-state index is 11.9. The van der Waals surface area contributed by atoms with Crippen LogP contribution in [0.1, 0.15) is 27.9 Å². The fourth-order valence-corrected chi connectivity index (χ4v) is 2.19. The van der Waals surface area contributed by atoms with Gasteiger partial charge in [0.05, 0.1) is 17.7 Å². The molecule has 0 spiro atoms. The standard InChI is InChI=1S/C16H12N2O3/c17-9-12-7-13(21-10-11-1-4-18-5-2-11)8-15-16(12)14(19)3-6-20-15/h1-2,4-5,7-8H,3,6,10H2. The second kappa shape index (κ2) is 5.63. The molecule has 0 atom stereocenters. The quantitative estimate of drug-likeness (QED) is 0.863. The minimum atomic E-state index is -0.0616. The molecule has 0 radical (unpaired) electrons. The Hall–Kier alpha value is -2.87. The van der Waals surface area contributed by atoms with Gasteiger partial charge in [0.15, 0.2) is 5.78 Å². The van der Waals surface area contributed by atoms with Gasteiger partial charge in [-0.1, -0.05) is 0 Å². The van der Waals surface area contributed by atoms with E-state index in [9.17, 15) is 10.1 Å². The molecule has 3 rings (SSSR count). The number of fused-ring (bicyclic) bond motifs is 1. The first-order valence-corrected chi connectivity index (χ1v) is 6.54. The summed E-state index contributed by atoms with van der Waals surface area (Å²) in [5.74, 6) is 0.875. The molecule has 0 aliphatic carbocycles. The molecule has 0 saturated heterocycles. The zero-order valence-electron chi connectivity index (χ0n) is 11.2. The van der Waals surface area contributed by atoms with Crippen LogP contribution in [0.2, 0.25) is 0 Å².